The lowest BCUT2D eigenvalue weighted by molar-refractivity contribution is -0.247. The first kappa shape index (κ1) is 44.0. The van der Waals surface area contributed by atoms with Crippen molar-refractivity contribution < 1.29 is 42.8 Å². The Balaban J connectivity index is 0.990. The number of rotatable bonds is 9. The first-order valence-corrected chi connectivity index (χ1v) is 24.6. The van der Waals surface area contributed by atoms with Gasteiger partial charge in [0, 0.05) is 38.1 Å². The van der Waals surface area contributed by atoms with Crippen LogP contribution >= 0.6 is 0 Å². The normalized spacial score (nSPS) is 43.3. The van der Waals surface area contributed by atoms with Gasteiger partial charge in [-0.2, -0.15) is 0 Å². The maximum atomic E-state index is 13.1. The highest BCUT2D eigenvalue weighted by molar-refractivity contribution is 7.91. The molecule has 11 nitrogen and oxygen atoms in total. The van der Waals surface area contributed by atoms with E-state index >= 15 is 0 Å². The van der Waals surface area contributed by atoms with E-state index in [1.807, 2.05) is 12.1 Å². The maximum absolute atomic E-state index is 13.1. The van der Waals surface area contributed by atoms with Crippen LogP contribution in [0, 0.1) is 51.2 Å². The number of aliphatic hydroxyl groups is 2. The van der Waals surface area contributed by atoms with E-state index < -0.39 is 46.4 Å². The van der Waals surface area contributed by atoms with Crippen LogP contribution in [0.4, 0.5) is 0 Å². The third-order valence-electron chi connectivity index (χ3n) is 18.3. The first-order chi connectivity index (χ1) is 28.2. The minimum atomic E-state index is -2.89. The number of carboxylic acid groups (broad SMARTS) is 1. The SMILES string of the molecule is C=C(C)[C@@H]1CC[C@]2(NCCN3CCS(=O)(=O)CC3)CC[C@]3(C)[C@H](CCC4[C@@]5(C)CC=C(c6ccc(C(=O)O[C@@H]7O[C@H](C(=O)O)C[C@H](O)C7O)cc6)C(C)(C)C5CC[C@]43C)C12. The lowest BCUT2D eigenvalue weighted by Gasteiger charge is -2.72. The maximum Gasteiger partial charge on any atom is 0.340 e. The molecule has 2 heterocycles. The molecule has 60 heavy (non-hydrogen) atoms. The average Bonchev–Trinajstić information content (AvgIpc) is 3.57. The number of sulfone groups is 1. The minimum Gasteiger partial charge on any atom is -0.479 e. The second-order valence-corrected chi connectivity index (χ2v) is 23.7. The zero-order valence-corrected chi connectivity index (χ0v) is 37.6. The third-order valence-corrected chi connectivity index (χ3v) is 20.0. The van der Waals surface area contributed by atoms with Crippen LogP contribution in [0.15, 0.2) is 42.5 Å². The van der Waals surface area contributed by atoms with Crippen molar-refractivity contribution in [3.8, 4) is 0 Å². The van der Waals surface area contributed by atoms with E-state index in [1.165, 1.54) is 56.1 Å². The number of fused-ring (bicyclic) bond motifs is 7. The molecule has 0 aromatic heterocycles. The Kier molecular flexibility index (Phi) is 11.4. The van der Waals surface area contributed by atoms with Crippen LogP contribution in [0.1, 0.15) is 122 Å². The van der Waals surface area contributed by atoms with Gasteiger partial charge in [-0.3, -0.25) is 0 Å². The van der Waals surface area contributed by atoms with Crippen LogP contribution in [0.2, 0.25) is 0 Å². The van der Waals surface area contributed by atoms with E-state index in [0.29, 0.717) is 42.7 Å². The summed E-state index contributed by atoms with van der Waals surface area (Å²) in [7, 11) is -2.89. The number of ether oxygens (including phenoxy) is 2. The number of nitrogens with one attached hydrogen (secondary N) is 1. The summed E-state index contributed by atoms with van der Waals surface area (Å²) >= 11 is 0. The highest BCUT2D eigenvalue weighted by atomic mass is 32.2. The first-order valence-electron chi connectivity index (χ1n) is 22.8. The molecule has 0 amide bonds. The van der Waals surface area contributed by atoms with Crippen molar-refractivity contribution in [2.75, 3.05) is 37.7 Å². The average molecular weight is 851 g/mol. The van der Waals surface area contributed by atoms with E-state index in [0.717, 1.165) is 31.5 Å². The number of benzene rings is 1. The zero-order valence-electron chi connectivity index (χ0n) is 36.8. The van der Waals surface area contributed by atoms with E-state index in [2.05, 4.69) is 64.4 Å². The summed E-state index contributed by atoms with van der Waals surface area (Å²) in [6.07, 6.45) is 6.93. The van der Waals surface area contributed by atoms with Gasteiger partial charge < -0.3 is 35.0 Å². The van der Waals surface area contributed by atoms with Gasteiger partial charge in [0.1, 0.15) is 6.10 Å². The van der Waals surface area contributed by atoms with Crippen molar-refractivity contribution in [3.05, 3.63) is 53.6 Å². The Morgan fingerprint density at radius 2 is 1.63 bits per heavy atom. The van der Waals surface area contributed by atoms with Crippen molar-refractivity contribution in [1.29, 1.82) is 0 Å². The monoisotopic (exact) mass is 850 g/mol. The van der Waals surface area contributed by atoms with Gasteiger partial charge in [0.15, 0.2) is 15.9 Å². The van der Waals surface area contributed by atoms with Crippen LogP contribution in [-0.2, 0) is 24.1 Å². The second-order valence-electron chi connectivity index (χ2n) is 21.4. The largest absolute Gasteiger partial charge is 0.479 e. The van der Waals surface area contributed by atoms with Gasteiger partial charge in [-0.1, -0.05) is 65.0 Å². The molecule has 0 bridgehead atoms. The summed E-state index contributed by atoms with van der Waals surface area (Å²) in [4.78, 5) is 27.0. The van der Waals surface area contributed by atoms with E-state index in [-0.39, 0.29) is 50.7 Å². The van der Waals surface area contributed by atoms with Gasteiger partial charge in [-0.25, -0.2) is 18.0 Å². The summed E-state index contributed by atoms with van der Waals surface area (Å²) in [5, 5.41) is 34.1. The molecular weight excluding hydrogens is 781 g/mol. The zero-order chi connectivity index (χ0) is 43.2. The molecule has 8 rings (SSSR count). The topological polar surface area (TPSA) is 163 Å². The van der Waals surface area contributed by atoms with Crippen LogP contribution in [-0.4, -0.2) is 108 Å². The molecule has 4 unspecified atom stereocenters. The standard InChI is InChI=1S/C48H70N2O9S/c1-29(2)32-14-19-48(49-22-23-50-24-26-60(56,57)27-25-50)21-20-46(6)34(39(32)48)12-13-38-45(5)17-15-33(44(3,4)37(45)16-18-47(38,46)7)30-8-10-31(11-9-30)42(55)59-43-40(52)35(51)28-36(58-43)41(53)54/h8-11,15,32,34-40,43,49,51-52H,1,12-14,16-28H2,2-7H3,(H,53,54)/t32-,34+,35-,36-,37?,38?,39?,40?,43-,45-,46+,47+,48-/m0/s1. The number of hydrogen-bond donors (Lipinski definition) is 4. The molecule has 0 radical (unpaired) electrons. The molecule has 4 N–H and O–H groups in total. The van der Waals surface area contributed by atoms with E-state index in [9.17, 15) is 33.3 Å². The van der Waals surface area contributed by atoms with Crippen LogP contribution in [0.5, 0.6) is 0 Å². The molecule has 4 saturated carbocycles. The van der Waals surface area contributed by atoms with Crippen molar-refractivity contribution in [1.82, 2.24) is 10.2 Å². The molecule has 0 spiro atoms. The number of esters is 1. The molecule has 1 aromatic carbocycles. The lowest BCUT2D eigenvalue weighted by Crippen LogP contribution is -2.68. The molecule has 5 aliphatic carbocycles. The Morgan fingerprint density at radius 3 is 2.30 bits per heavy atom. The molecule has 2 aliphatic heterocycles. The molecule has 1 aromatic rings. The van der Waals surface area contributed by atoms with E-state index in [1.54, 1.807) is 12.1 Å². The minimum absolute atomic E-state index is 0.105. The fourth-order valence-corrected chi connectivity index (χ4v) is 16.3. The highest BCUT2D eigenvalue weighted by Crippen LogP contribution is 2.76. The number of carbonyl (C=O) groups is 2. The quantitative estimate of drug-likeness (QED) is 0.159. The number of carboxylic acids is 1. The smallest absolute Gasteiger partial charge is 0.340 e. The summed E-state index contributed by atoms with van der Waals surface area (Å²) in [6.45, 7) is 22.7. The van der Waals surface area contributed by atoms with Crippen LogP contribution in [0.3, 0.4) is 0 Å². The molecule has 2 saturated heterocycles. The predicted molar refractivity (Wildman–Crippen MR) is 231 cm³/mol. The number of aliphatic hydroxyl groups excluding tert-OH is 2. The molecular formula is C48H70N2O9S. The van der Waals surface area contributed by atoms with Gasteiger partial charge in [0.05, 0.1) is 23.2 Å². The third kappa shape index (κ3) is 7.15. The Morgan fingerprint density at radius 1 is 0.933 bits per heavy atom. The summed E-state index contributed by atoms with van der Waals surface area (Å²) < 4.78 is 34.8. The second kappa shape index (κ2) is 15.6. The van der Waals surface area contributed by atoms with Gasteiger partial charge in [-0.05, 0) is 139 Å². The molecule has 13 atom stereocenters. The Labute approximate surface area is 357 Å². The predicted octanol–water partition coefficient (Wildman–Crippen LogP) is 6.49. The van der Waals surface area contributed by atoms with Gasteiger partial charge in [-0.15, -0.1) is 0 Å². The number of hydrogen-bond acceptors (Lipinski definition) is 10. The van der Waals surface area contributed by atoms with Gasteiger partial charge >= 0.3 is 11.9 Å². The fourth-order valence-electron chi connectivity index (χ4n) is 15.0. The van der Waals surface area contributed by atoms with E-state index in [4.69, 9.17) is 9.47 Å². The molecule has 6 fully saturated rings. The van der Waals surface area contributed by atoms with Gasteiger partial charge in [0.2, 0.25) is 6.29 Å². The summed E-state index contributed by atoms with van der Waals surface area (Å²) in [5.41, 5.74) is 4.48. The summed E-state index contributed by atoms with van der Waals surface area (Å²) in [5.74, 6) is 1.26. The number of carbonyl (C=O) groups excluding carboxylic acids is 1. The Bertz CT molecular complexity index is 1990. The molecule has 12 heteroatoms. The van der Waals surface area contributed by atoms with Crippen LogP contribution < -0.4 is 5.32 Å². The molecule has 7 aliphatic rings. The van der Waals surface area contributed by atoms with Crippen molar-refractivity contribution >= 4 is 27.3 Å². The Hall–Kier alpha value is -2.61. The lowest BCUT2D eigenvalue weighted by atomic mass is 9.33. The van der Waals surface area contributed by atoms with Crippen molar-refractivity contribution in [2.45, 2.75) is 136 Å². The molecule has 332 valence electrons. The van der Waals surface area contributed by atoms with Crippen molar-refractivity contribution in [2.24, 2.45) is 51.2 Å². The van der Waals surface area contributed by atoms with Gasteiger partial charge in [0.25, 0.3) is 0 Å². The fraction of sp³-hybridized carbons (Fsp3) is 0.750. The van der Waals surface area contributed by atoms with Crippen molar-refractivity contribution in [3.63, 3.8) is 0 Å². The van der Waals surface area contributed by atoms with Crippen LogP contribution in [0.25, 0.3) is 5.57 Å². The number of aliphatic carboxylic acids is 1. The number of nitrogens with zero attached hydrogens (tertiary/aromatic N) is 1. The highest BCUT2D eigenvalue weighted by Gasteiger charge is 2.70. The number of allylic oxidation sites excluding steroid dienone is 3. The summed E-state index contributed by atoms with van der Waals surface area (Å²) in [6, 6.07) is 7.33.